The zero-order valence-electron chi connectivity index (χ0n) is 24.1. The molecule has 0 aliphatic carbocycles. The van der Waals surface area contributed by atoms with Crippen molar-refractivity contribution in [2.24, 2.45) is 11.8 Å². The van der Waals surface area contributed by atoms with Gasteiger partial charge in [-0.15, -0.1) is 0 Å². The Labute approximate surface area is 224 Å². The number of anilines is 1. The van der Waals surface area contributed by atoms with Gasteiger partial charge in [0.25, 0.3) is 0 Å². The molecule has 0 fully saturated rings. The van der Waals surface area contributed by atoms with Crippen molar-refractivity contribution in [3.8, 4) is 0 Å². The number of ether oxygens (including phenoxy) is 1. The third-order valence-corrected chi connectivity index (χ3v) is 6.18. The standard InChI is InChI=1S/C32H46N2O3/c1-23(2)19-26(6)28-15-11-12-16-29(28)34(20-27-14-10-9-13-25(27)5)31(36)18-17-30(35)33-22-32(7,8)37-21-24(3)4/h9-16,19,23-24H,17-18,20-22H2,1-8H3,(H,33,35)/b26-19+. The number of para-hydroxylation sites is 1. The number of carbonyl (C=O) groups excluding carboxylic acids is 2. The molecule has 0 radical (unpaired) electrons. The van der Waals surface area contributed by atoms with Crippen LogP contribution in [0.15, 0.2) is 54.6 Å². The molecule has 0 saturated heterocycles. The van der Waals surface area contributed by atoms with E-state index in [1.54, 1.807) is 0 Å². The largest absolute Gasteiger partial charge is 0.373 e. The van der Waals surface area contributed by atoms with Crippen molar-refractivity contribution in [2.75, 3.05) is 18.1 Å². The Kier molecular flexibility index (Phi) is 11.6. The number of benzene rings is 2. The maximum absolute atomic E-state index is 13.6. The SMILES string of the molecule is C/C(=C\C(C)C)c1ccccc1N(Cc1ccccc1C)C(=O)CCC(=O)NCC(C)(C)OCC(C)C. The summed E-state index contributed by atoms with van der Waals surface area (Å²) in [5.74, 6) is 0.605. The minimum Gasteiger partial charge on any atom is -0.373 e. The third kappa shape index (κ3) is 10.2. The number of hydrogen-bond acceptors (Lipinski definition) is 3. The lowest BCUT2D eigenvalue weighted by molar-refractivity contribution is -0.126. The summed E-state index contributed by atoms with van der Waals surface area (Å²) < 4.78 is 5.91. The molecule has 5 heteroatoms. The average molecular weight is 507 g/mol. The van der Waals surface area contributed by atoms with Gasteiger partial charge in [-0.05, 0) is 62.3 Å². The molecule has 5 nitrogen and oxygen atoms in total. The molecule has 2 aromatic carbocycles. The van der Waals surface area contributed by atoms with Crippen LogP contribution in [0.1, 0.15) is 78.0 Å². The molecule has 2 amide bonds. The smallest absolute Gasteiger partial charge is 0.227 e. The molecule has 0 aliphatic rings. The van der Waals surface area contributed by atoms with E-state index in [9.17, 15) is 9.59 Å². The highest BCUT2D eigenvalue weighted by Crippen LogP contribution is 2.30. The van der Waals surface area contributed by atoms with Crippen molar-refractivity contribution < 1.29 is 14.3 Å². The topological polar surface area (TPSA) is 58.6 Å². The lowest BCUT2D eigenvalue weighted by Gasteiger charge is -2.28. The summed E-state index contributed by atoms with van der Waals surface area (Å²) in [6, 6.07) is 16.1. The molecule has 2 aromatic rings. The van der Waals surface area contributed by atoms with Gasteiger partial charge >= 0.3 is 0 Å². The Morgan fingerprint density at radius 3 is 2.30 bits per heavy atom. The van der Waals surface area contributed by atoms with E-state index in [0.29, 0.717) is 31.5 Å². The number of nitrogens with one attached hydrogen (secondary N) is 1. The summed E-state index contributed by atoms with van der Waals surface area (Å²) in [5.41, 5.74) is 4.80. The van der Waals surface area contributed by atoms with Crippen LogP contribution in [0.2, 0.25) is 0 Å². The van der Waals surface area contributed by atoms with Crippen LogP contribution in [0.4, 0.5) is 5.69 Å². The first-order valence-electron chi connectivity index (χ1n) is 13.4. The number of aryl methyl sites for hydroxylation is 1. The van der Waals surface area contributed by atoms with Crippen LogP contribution < -0.4 is 10.2 Å². The van der Waals surface area contributed by atoms with Gasteiger partial charge < -0.3 is 15.0 Å². The summed E-state index contributed by atoms with van der Waals surface area (Å²) >= 11 is 0. The van der Waals surface area contributed by atoms with Gasteiger partial charge in [-0.1, -0.05) is 76.2 Å². The van der Waals surface area contributed by atoms with Gasteiger partial charge in [0.1, 0.15) is 0 Å². The Morgan fingerprint density at radius 1 is 1.00 bits per heavy atom. The maximum atomic E-state index is 13.6. The molecular weight excluding hydrogens is 460 g/mol. The van der Waals surface area contributed by atoms with E-state index in [-0.39, 0.29) is 24.7 Å². The molecular formula is C32H46N2O3. The van der Waals surface area contributed by atoms with Gasteiger partial charge in [0.2, 0.25) is 11.8 Å². The monoisotopic (exact) mass is 506 g/mol. The Bertz CT molecular complexity index is 1070. The van der Waals surface area contributed by atoms with Crippen molar-refractivity contribution in [1.29, 1.82) is 0 Å². The Hall–Kier alpha value is -2.92. The van der Waals surface area contributed by atoms with E-state index in [1.807, 2.05) is 49.1 Å². The van der Waals surface area contributed by atoms with Crippen LogP contribution in [0.3, 0.4) is 0 Å². The summed E-state index contributed by atoms with van der Waals surface area (Å²) in [5, 5.41) is 2.95. The second kappa shape index (κ2) is 14.1. The highest BCUT2D eigenvalue weighted by molar-refractivity contribution is 5.98. The van der Waals surface area contributed by atoms with Crippen LogP contribution in [0.25, 0.3) is 5.57 Å². The highest BCUT2D eigenvalue weighted by Gasteiger charge is 2.23. The van der Waals surface area contributed by atoms with E-state index in [1.165, 1.54) is 0 Å². The average Bonchev–Trinajstić information content (AvgIpc) is 2.84. The number of rotatable bonds is 13. The van der Waals surface area contributed by atoms with E-state index >= 15 is 0 Å². The van der Waals surface area contributed by atoms with Crippen molar-refractivity contribution in [2.45, 2.75) is 80.4 Å². The Morgan fingerprint density at radius 2 is 1.65 bits per heavy atom. The van der Waals surface area contributed by atoms with Crippen LogP contribution >= 0.6 is 0 Å². The van der Waals surface area contributed by atoms with Gasteiger partial charge in [0.15, 0.2) is 0 Å². The minimum atomic E-state index is -0.458. The van der Waals surface area contributed by atoms with Gasteiger partial charge in [-0.3, -0.25) is 9.59 Å². The van der Waals surface area contributed by atoms with Gasteiger partial charge in [-0.2, -0.15) is 0 Å². The second-order valence-corrected chi connectivity index (χ2v) is 11.3. The van der Waals surface area contributed by atoms with Crippen LogP contribution in [-0.2, 0) is 20.9 Å². The van der Waals surface area contributed by atoms with Crippen LogP contribution in [0.5, 0.6) is 0 Å². The predicted octanol–water partition coefficient (Wildman–Crippen LogP) is 6.94. The van der Waals surface area contributed by atoms with E-state index in [0.717, 1.165) is 28.0 Å². The number of hydrogen-bond donors (Lipinski definition) is 1. The summed E-state index contributed by atoms with van der Waals surface area (Å²) in [7, 11) is 0. The highest BCUT2D eigenvalue weighted by atomic mass is 16.5. The number of carbonyl (C=O) groups is 2. The third-order valence-electron chi connectivity index (χ3n) is 6.18. The van der Waals surface area contributed by atoms with Gasteiger partial charge in [0.05, 0.1) is 17.8 Å². The summed E-state index contributed by atoms with van der Waals surface area (Å²) in [4.78, 5) is 28.1. The molecule has 0 aliphatic heterocycles. The zero-order valence-corrected chi connectivity index (χ0v) is 24.1. The minimum absolute atomic E-state index is 0.0708. The molecule has 37 heavy (non-hydrogen) atoms. The van der Waals surface area contributed by atoms with E-state index < -0.39 is 5.60 Å². The zero-order chi connectivity index (χ0) is 27.6. The fraction of sp³-hybridized carbons (Fsp3) is 0.500. The molecule has 0 heterocycles. The van der Waals surface area contributed by atoms with E-state index in [4.69, 9.17) is 4.74 Å². The first-order valence-corrected chi connectivity index (χ1v) is 13.4. The molecule has 1 N–H and O–H groups in total. The second-order valence-electron chi connectivity index (χ2n) is 11.3. The summed E-state index contributed by atoms with van der Waals surface area (Å²) in [6.07, 6.45) is 2.48. The fourth-order valence-corrected chi connectivity index (χ4v) is 4.10. The van der Waals surface area contributed by atoms with Crippen LogP contribution in [0, 0.1) is 18.8 Å². The lowest BCUT2D eigenvalue weighted by Crippen LogP contribution is -2.41. The molecule has 0 saturated carbocycles. The van der Waals surface area contributed by atoms with Crippen molar-refractivity contribution in [3.63, 3.8) is 0 Å². The molecule has 202 valence electrons. The normalized spacial score (nSPS) is 12.2. The molecule has 0 bridgehead atoms. The Balaban J connectivity index is 2.21. The summed E-state index contributed by atoms with van der Waals surface area (Å²) in [6.45, 7) is 18.1. The van der Waals surface area contributed by atoms with Crippen LogP contribution in [-0.4, -0.2) is 30.6 Å². The molecule has 2 rings (SSSR count). The van der Waals surface area contributed by atoms with Crippen molar-refractivity contribution in [3.05, 3.63) is 71.3 Å². The quantitative estimate of drug-likeness (QED) is 0.320. The van der Waals surface area contributed by atoms with E-state index in [2.05, 4.69) is 71.1 Å². The van der Waals surface area contributed by atoms with Gasteiger partial charge in [0, 0.05) is 31.6 Å². The molecule has 0 unspecified atom stereocenters. The number of amides is 2. The maximum Gasteiger partial charge on any atom is 0.227 e. The predicted molar refractivity (Wildman–Crippen MR) is 154 cm³/mol. The fourth-order valence-electron chi connectivity index (χ4n) is 4.10. The lowest BCUT2D eigenvalue weighted by atomic mass is 9.99. The first-order chi connectivity index (χ1) is 17.4. The van der Waals surface area contributed by atoms with Crippen molar-refractivity contribution in [1.82, 2.24) is 5.32 Å². The number of nitrogens with zero attached hydrogens (tertiary/aromatic N) is 1. The first kappa shape index (κ1) is 30.3. The molecule has 0 aromatic heterocycles. The van der Waals surface area contributed by atoms with Crippen molar-refractivity contribution >= 4 is 23.1 Å². The number of allylic oxidation sites excluding steroid dienone is 2. The molecule has 0 spiro atoms. The molecule has 0 atom stereocenters. The van der Waals surface area contributed by atoms with Gasteiger partial charge in [-0.25, -0.2) is 0 Å².